The summed E-state index contributed by atoms with van der Waals surface area (Å²) in [5, 5.41) is 2.73. The lowest BCUT2D eigenvalue weighted by atomic mass is 10.1. The van der Waals surface area contributed by atoms with Crippen LogP contribution in [0.3, 0.4) is 0 Å². The van der Waals surface area contributed by atoms with Gasteiger partial charge < -0.3 is 10.1 Å². The molecule has 1 N–H and O–H groups in total. The van der Waals surface area contributed by atoms with Crippen molar-refractivity contribution in [3.8, 4) is 5.75 Å². The Morgan fingerprint density at radius 2 is 1.86 bits per heavy atom. The zero-order valence-corrected chi connectivity index (χ0v) is 8.97. The summed E-state index contributed by atoms with van der Waals surface area (Å²) in [4.78, 5) is 10.9. The van der Waals surface area contributed by atoms with Crippen molar-refractivity contribution in [2.24, 2.45) is 0 Å². The van der Waals surface area contributed by atoms with Crippen LogP contribution < -0.4 is 10.1 Å². The van der Waals surface area contributed by atoms with E-state index in [1.54, 1.807) is 7.11 Å². The molecule has 1 aromatic rings. The molecule has 0 aliphatic heterocycles. The molecule has 0 aliphatic rings. The van der Waals surface area contributed by atoms with Gasteiger partial charge in [0.15, 0.2) is 0 Å². The van der Waals surface area contributed by atoms with Crippen LogP contribution in [-0.2, 0) is 4.79 Å². The van der Waals surface area contributed by atoms with E-state index in [-0.39, 0.29) is 5.91 Å². The van der Waals surface area contributed by atoms with Gasteiger partial charge >= 0.3 is 0 Å². The summed E-state index contributed by atoms with van der Waals surface area (Å²) in [7, 11) is 1.59. The summed E-state index contributed by atoms with van der Waals surface area (Å²) in [6, 6.07) is 3.83. The van der Waals surface area contributed by atoms with Crippen molar-refractivity contribution in [1.82, 2.24) is 0 Å². The third-order valence-corrected chi connectivity index (χ3v) is 2.13. The lowest BCUT2D eigenvalue weighted by Crippen LogP contribution is -2.07. The number of carbonyl (C=O) groups is 1. The van der Waals surface area contributed by atoms with E-state index in [0.717, 1.165) is 16.8 Å². The van der Waals surface area contributed by atoms with E-state index in [2.05, 4.69) is 5.32 Å². The number of ether oxygens (including phenoxy) is 1. The van der Waals surface area contributed by atoms with Gasteiger partial charge in [-0.1, -0.05) is 0 Å². The van der Waals surface area contributed by atoms with Crippen LogP contribution in [0.5, 0.6) is 5.75 Å². The standard InChI is InChI=1S/C11H15NO2/c1-7-5-10(12-9(3)13)11(14-4)6-8(7)2/h5-6H,1-4H3,(H,12,13). The number of methoxy groups -OCH3 is 1. The van der Waals surface area contributed by atoms with Crippen molar-refractivity contribution in [1.29, 1.82) is 0 Å². The van der Waals surface area contributed by atoms with Crippen LogP contribution >= 0.6 is 0 Å². The Bertz CT molecular complexity index is 359. The molecule has 0 radical (unpaired) electrons. The molecule has 1 rings (SSSR count). The second kappa shape index (κ2) is 4.13. The zero-order valence-electron chi connectivity index (χ0n) is 8.97. The summed E-state index contributed by atoms with van der Waals surface area (Å²) < 4.78 is 5.17. The number of carbonyl (C=O) groups excluding carboxylic acids is 1. The smallest absolute Gasteiger partial charge is 0.221 e. The number of amides is 1. The predicted octanol–water partition coefficient (Wildman–Crippen LogP) is 2.27. The van der Waals surface area contributed by atoms with Gasteiger partial charge in [-0.2, -0.15) is 0 Å². The van der Waals surface area contributed by atoms with Gasteiger partial charge in [0.05, 0.1) is 12.8 Å². The highest BCUT2D eigenvalue weighted by molar-refractivity contribution is 5.90. The van der Waals surface area contributed by atoms with Gasteiger partial charge in [0, 0.05) is 6.92 Å². The van der Waals surface area contributed by atoms with E-state index in [1.807, 2.05) is 26.0 Å². The van der Waals surface area contributed by atoms with Crippen molar-refractivity contribution in [3.05, 3.63) is 23.3 Å². The Hall–Kier alpha value is -1.51. The summed E-state index contributed by atoms with van der Waals surface area (Å²) >= 11 is 0. The molecule has 0 aliphatic carbocycles. The van der Waals surface area contributed by atoms with Crippen LogP contribution in [0.15, 0.2) is 12.1 Å². The third kappa shape index (κ3) is 2.25. The maximum absolute atomic E-state index is 10.9. The Balaban J connectivity index is 3.13. The van der Waals surface area contributed by atoms with Crippen LogP contribution in [0.25, 0.3) is 0 Å². The molecule has 3 heteroatoms. The Kier molecular flexibility index (Phi) is 3.12. The number of hydrogen-bond acceptors (Lipinski definition) is 2. The first kappa shape index (κ1) is 10.6. The highest BCUT2D eigenvalue weighted by Crippen LogP contribution is 2.27. The number of anilines is 1. The fourth-order valence-electron chi connectivity index (χ4n) is 1.25. The fraction of sp³-hybridized carbons (Fsp3) is 0.364. The second-order valence-electron chi connectivity index (χ2n) is 3.32. The molecule has 0 fully saturated rings. The van der Waals surface area contributed by atoms with Crippen molar-refractivity contribution in [2.45, 2.75) is 20.8 Å². The average molecular weight is 193 g/mol. The molecule has 0 bridgehead atoms. The molecule has 0 atom stereocenters. The van der Waals surface area contributed by atoms with Crippen LogP contribution in [0.4, 0.5) is 5.69 Å². The molecular weight excluding hydrogens is 178 g/mol. The summed E-state index contributed by atoms with van der Waals surface area (Å²) in [5.41, 5.74) is 3.01. The van der Waals surface area contributed by atoms with Gasteiger partial charge in [-0.3, -0.25) is 4.79 Å². The lowest BCUT2D eigenvalue weighted by Gasteiger charge is -2.11. The third-order valence-electron chi connectivity index (χ3n) is 2.13. The van der Waals surface area contributed by atoms with E-state index in [0.29, 0.717) is 5.75 Å². The normalized spacial score (nSPS) is 9.71. The van der Waals surface area contributed by atoms with Crippen molar-refractivity contribution in [3.63, 3.8) is 0 Å². The second-order valence-corrected chi connectivity index (χ2v) is 3.32. The van der Waals surface area contributed by atoms with Gasteiger partial charge in [-0.05, 0) is 37.1 Å². The fourth-order valence-corrected chi connectivity index (χ4v) is 1.25. The minimum absolute atomic E-state index is 0.0912. The average Bonchev–Trinajstić information content (AvgIpc) is 2.10. The van der Waals surface area contributed by atoms with Crippen molar-refractivity contribution in [2.75, 3.05) is 12.4 Å². The molecule has 14 heavy (non-hydrogen) atoms. The lowest BCUT2D eigenvalue weighted by molar-refractivity contribution is -0.114. The number of aryl methyl sites for hydroxylation is 2. The van der Waals surface area contributed by atoms with E-state index in [4.69, 9.17) is 4.74 Å². The monoisotopic (exact) mass is 193 g/mol. The van der Waals surface area contributed by atoms with Gasteiger partial charge in [0.1, 0.15) is 5.75 Å². The molecule has 3 nitrogen and oxygen atoms in total. The zero-order chi connectivity index (χ0) is 10.7. The first-order valence-corrected chi connectivity index (χ1v) is 4.47. The molecule has 0 spiro atoms. The van der Waals surface area contributed by atoms with E-state index < -0.39 is 0 Å². The van der Waals surface area contributed by atoms with Crippen LogP contribution in [0.1, 0.15) is 18.1 Å². The van der Waals surface area contributed by atoms with Crippen LogP contribution in [-0.4, -0.2) is 13.0 Å². The van der Waals surface area contributed by atoms with Gasteiger partial charge in [0.2, 0.25) is 5.91 Å². The molecule has 1 aromatic carbocycles. The molecule has 0 unspecified atom stereocenters. The molecule has 76 valence electrons. The summed E-state index contributed by atoms with van der Waals surface area (Å²) in [5.74, 6) is 0.606. The van der Waals surface area contributed by atoms with Crippen LogP contribution in [0, 0.1) is 13.8 Å². The highest BCUT2D eigenvalue weighted by Gasteiger charge is 2.06. The van der Waals surface area contributed by atoms with Crippen LogP contribution in [0.2, 0.25) is 0 Å². The number of hydrogen-bond donors (Lipinski definition) is 1. The van der Waals surface area contributed by atoms with Gasteiger partial charge in [-0.15, -0.1) is 0 Å². The van der Waals surface area contributed by atoms with Crippen molar-refractivity contribution < 1.29 is 9.53 Å². The number of nitrogens with one attached hydrogen (secondary N) is 1. The molecular formula is C11H15NO2. The van der Waals surface area contributed by atoms with Gasteiger partial charge in [0.25, 0.3) is 0 Å². The van der Waals surface area contributed by atoms with E-state index >= 15 is 0 Å². The largest absolute Gasteiger partial charge is 0.495 e. The topological polar surface area (TPSA) is 38.3 Å². The Labute approximate surface area is 84.1 Å². The first-order chi connectivity index (χ1) is 6.54. The minimum atomic E-state index is -0.0912. The molecule has 0 saturated heterocycles. The first-order valence-electron chi connectivity index (χ1n) is 4.47. The minimum Gasteiger partial charge on any atom is -0.495 e. The SMILES string of the molecule is COc1cc(C)c(C)cc1NC(C)=O. The van der Waals surface area contributed by atoms with Crippen molar-refractivity contribution >= 4 is 11.6 Å². The molecule has 0 heterocycles. The predicted molar refractivity (Wildman–Crippen MR) is 56.8 cm³/mol. The maximum Gasteiger partial charge on any atom is 0.221 e. The summed E-state index contributed by atoms with van der Waals surface area (Å²) in [6.45, 7) is 5.49. The molecule has 0 saturated carbocycles. The van der Waals surface area contributed by atoms with E-state index in [9.17, 15) is 4.79 Å². The Morgan fingerprint density at radius 1 is 1.29 bits per heavy atom. The number of rotatable bonds is 2. The summed E-state index contributed by atoms with van der Waals surface area (Å²) in [6.07, 6.45) is 0. The highest BCUT2D eigenvalue weighted by atomic mass is 16.5. The van der Waals surface area contributed by atoms with Gasteiger partial charge in [-0.25, -0.2) is 0 Å². The number of benzene rings is 1. The molecule has 1 amide bonds. The quantitative estimate of drug-likeness (QED) is 0.782. The molecule has 0 aromatic heterocycles. The Morgan fingerprint density at radius 3 is 2.36 bits per heavy atom. The van der Waals surface area contributed by atoms with E-state index in [1.165, 1.54) is 6.92 Å². The maximum atomic E-state index is 10.9.